The van der Waals surface area contributed by atoms with Crippen LogP contribution >= 0.6 is 0 Å². The third-order valence-corrected chi connectivity index (χ3v) is 3.92. The van der Waals surface area contributed by atoms with E-state index in [0.717, 1.165) is 0 Å². The minimum atomic E-state index is -1.38. The van der Waals surface area contributed by atoms with Crippen LogP contribution in [0.4, 0.5) is 0 Å². The van der Waals surface area contributed by atoms with Gasteiger partial charge in [-0.05, 0) is 19.3 Å². The van der Waals surface area contributed by atoms with Crippen LogP contribution in [0.1, 0.15) is 40.0 Å². The van der Waals surface area contributed by atoms with Crippen molar-refractivity contribution in [3.63, 3.8) is 0 Å². The normalized spacial score (nSPS) is 16.8. The van der Waals surface area contributed by atoms with Gasteiger partial charge in [0.2, 0.25) is 17.7 Å². The molecular formula is C15H28N4O6. The molecule has 0 aromatic rings. The topological polar surface area (TPSA) is 185 Å². The molecule has 0 saturated heterocycles. The zero-order valence-electron chi connectivity index (χ0n) is 14.7. The Morgan fingerprint density at radius 2 is 1.64 bits per heavy atom. The molecule has 0 fully saturated rings. The monoisotopic (exact) mass is 360 g/mol. The minimum Gasteiger partial charge on any atom is -0.480 e. The number of rotatable bonds is 11. The number of primary amides is 1. The summed E-state index contributed by atoms with van der Waals surface area (Å²) in [5.41, 5.74) is 10.7. The number of aliphatic carboxylic acids is 1. The van der Waals surface area contributed by atoms with Crippen molar-refractivity contribution in [2.24, 2.45) is 17.4 Å². The van der Waals surface area contributed by atoms with Crippen molar-refractivity contribution in [2.45, 2.75) is 64.3 Å². The fourth-order valence-electron chi connectivity index (χ4n) is 1.97. The highest BCUT2D eigenvalue weighted by Crippen LogP contribution is 2.07. The van der Waals surface area contributed by atoms with Crippen LogP contribution < -0.4 is 22.1 Å². The van der Waals surface area contributed by atoms with E-state index in [9.17, 15) is 24.3 Å². The predicted molar refractivity (Wildman–Crippen MR) is 89.0 cm³/mol. The molecule has 10 heteroatoms. The molecule has 0 aromatic carbocycles. The number of nitrogens with one attached hydrogen (secondary N) is 2. The van der Waals surface area contributed by atoms with Crippen LogP contribution in [0.3, 0.4) is 0 Å². The van der Waals surface area contributed by atoms with E-state index in [1.807, 2.05) is 6.92 Å². The highest BCUT2D eigenvalue weighted by molar-refractivity contribution is 5.92. The Hall–Kier alpha value is -2.20. The molecule has 0 spiro atoms. The number of hydrogen-bond acceptors (Lipinski definition) is 6. The molecule has 8 N–H and O–H groups in total. The third kappa shape index (κ3) is 7.94. The van der Waals surface area contributed by atoms with Gasteiger partial charge in [-0.15, -0.1) is 0 Å². The van der Waals surface area contributed by atoms with Gasteiger partial charge in [0.15, 0.2) is 0 Å². The first-order valence-electron chi connectivity index (χ1n) is 8.06. The number of carbonyl (C=O) groups excluding carboxylic acids is 3. The summed E-state index contributed by atoms with van der Waals surface area (Å²) >= 11 is 0. The molecule has 0 heterocycles. The Morgan fingerprint density at radius 3 is 2.04 bits per heavy atom. The molecule has 0 aromatic heterocycles. The van der Waals surface area contributed by atoms with Gasteiger partial charge in [0, 0.05) is 6.42 Å². The summed E-state index contributed by atoms with van der Waals surface area (Å²) in [5, 5.41) is 23.3. The van der Waals surface area contributed by atoms with E-state index in [4.69, 9.17) is 16.6 Å². The average molecular weight is 360 g/mol. The van der Waals surface area contributed by atoms with E-state index in [1.54, 1.807) is 6.92 Å². The standard InChI is InChI=1S/C15H28N4O6/c1-4-7(2)11(17)13(22)19-12(8(3)20)14(23)18-9(15(24)25)5-6-10(16)21/h7-9,11-12,20H,4-6,17H2,1-3H3,(H2,16,21)(H,18,23)(H,19,22)(H,24,25)/t7-,8+,9-,11-,12-/m0/s1. The molecule has 0 aliphatic carbocycles. The number of amides is 3. The molecule has 144 valence electrons. The van der Waals surface area contributed by atoms with Gasteiger partial charge in [-0.25, -0.2) is 4.79 Å². The van der Waals surface area contributed by atoms with Crippen molar-refractivity contribution in [3.8, 4) is 0 Å². The summed E-state index contributed by atoms with van der Waals surface area (Å²) < 4.78 is 0. The number of carboxylic acids is 1. The van der Waals surface area contributed by atoms with Crippen LogP contribution in [0.5, 0.6) is 0 Å². The van der Waals surface area contributed by atoms with Crippen LogP contribution in [-0.4, -0.2) is 58.1 Å². The van der Waals surface area contributed by atoms with Crippen LogP contribution in [0.15, 0.2) is 0 Å². The van der Waals surface area contributed by atoms with Gasteiger partial charge in [-0.3, -0.25) is 14.4 Å². The Bertz CT molecular complexity index is 496. The van der Waals surface area contributed by atoms with E-state index in [0.29, 0.717) is 6.42 Å². The first-order valence-corrected chi connectivity index (χ1v) is 8.06. The predicted octanol–water partition coefficient (Wildman–Crippen LogP) is -1.94. The summed E-state index contributed by atoms with van der Waals surface area (Å²) in [6.45, 7) is 4.90. The Morgan fingerprint density at radius 1 is 1.08 bits per heavy atom. The largest absolute Gasteiger partial charge is 0.480 e. The van der Waals surface area contributed by atoms with Gasteiger partial charge in [-0.1, -0.05) is 20.3 Å². The maximum atomic E-state index is 12.2. The molecule has 0 rings (SSSR count). The molecule has 10 nitrogen and oxygen atoms in total. The van der Waals surface area contributed by atoms with Gasteiger partial charge < -0.3 is 32.3 Å². The second-order valence-electron chi connectivity index (χ2n) is 6.04. The van der Waals surface area contributed by atoms with Crippen LogP contribution in [0.2, 0.25) is 0 Å². The first-order chi connectivity index (χ1) is 11.5. The summed E-state index contributed by atoms with van der Waals surface area (Å²) in [7, 11) is 0. The number of hydrogen-bond donors (Lipinski definition) is 6. The SMILES string of the molecule is CC[C@H](C)[C@H](N)C(=O)N[C@H](C(=O)N[C@@H](CCC(N)=O)C(=O)O)[C@@H](C)O. The third-order valence-electron chi connectivity index (χ3n) is 3.92. The minimum absolute atomic E-state index is 0.139. The Kier molecular flexibility index (Phi) is 9.69. The van der Waals surface area contributed by atoms with Gasteiger partial charge in [0.1, 0.15) is 12.1 Å². The zero-order chi connectivity index (χ0) is 19.7. The van der Waals surface area contributed by atoms with Crippen molar-refractivity contribution >= 4 is 23.7 Å². The van der Waals surface area contributed by atoms with E-state index in [2.05, 4.69) is 10.6 Å². The smallest absolute Gasteiger partial charge is 0.326 e. The lowest BCUT2D eigenvalue weighted by molar-refractivity contribution is -0.143. The molecular weight excluding hydrogens is 332 g/mol. The lowest BCUT2D eigenvalue weighted by Crippen LogP contribution is -2.58. The zero-order valence-corrected chi connectivity index (χ0v) is 14.7. The summed E-state index contributed by atoms with van der Waals surface area (Å²) in [6.07, 6.45) is -1.07. The van der Waals surface area contributed by atoms with Crippen molar-refractivity contribution in [1.82, 2.24) is 10.6 Å². The van der Waals surface area contributed by atoms with Crippen molar-refractivity contribution in [2.75, 3.05) is 0 Å². The molecule has 3 amide bonds. The lowest BCUT2D eigenvalue weighted by atomic mass is 9.98. The number of aliphatic hydroxyl groups excluding tert-OH is 1. The molecule has 0 unspecified atom stereocenters. The quantitative estimate of drug-likeness (QED) is 0.247. The first kappa shape index (κ1) is 22.8. The van der Waals surface area contributed by atoms with Crippen LogP contribution in [0.25, 0.3) is 0 Å². The Balaban J connectivity index is 5.00. The van der Waals surface area contributed by atoms with E-state index >= 15 is 0 Å². The summed E-state index contributed by atoms with van der Waals surface area (Å²) in [5.74, 6) is -3.72. The number of carboxylic acid groups (broad SMARTS) is 1. The fourth-order valence-corrected chi connectivity index (χ4v) is 1.97. The number of carbonyl (C=O) groups is 4. The van der Waals surface area contributed by atoms with E-state index < -0.39 is 47.9 Å². The molecule has 0 saturated carbocycles. The fraction of sp³-hybridized carbons (Fsp3) is 0.733. The molecule has 25 heavy (non-hydrogen) atoms. The van der Waals surface area contributed by atoms with Crippen LogP contribution in [0, 0.1) is 5.92 Å². The van der Waals surface area contributed by atoms with Gasteiger partial charge in [0.05, 0.1) is 12.1 Å². The lowest BCUT2D eigenvalue weighted by Gasteiger charge is -2.26. The van der Waals surface area contributed by atoms with Gasteiger partial charge >= 0.3 is 5.97 Å². The highest BCUT2D eigenvalue weighted by Gasteiger charge is 2.31. The second-order valence-corrected chi connectivity index (χ2v) is 6.04. The van der Waals surface area contributed by atoms with Gasteiger partial charge in [-0.2, -0.15) is 0 Å². The summed E-state index contributed by atoms with van der Waals surface area (Å²) in [4.78, 5) is 46.3. The van der Waals surface area contributed by atoms with Crippen molar-refractivity contribution in [1.29, 1.82) is 0 Å². The average Bonchev–Trinajstić information content (AvgIpc) is 2.53. The van der Waals surface area contributed by atoms with E-state index in [1.165, 1.54) is 6.92 Å². The van der Waals surface area contributed by atoms with Gasteiger partial charge in [0.25, 0.3) is 0 Å². The van der Waals surface area contributed by atoms with Crippen molar-refractivity contribution < 1.29 is 29.4 Å². The molecule has 0 aliphatic heterocycles. The highest BCUT2D eigenvalue weighted by atomic mass is 16.4. The van der Waals surface area contributed by atoms with Crippen molar-refractivity contribution in [3.05, 3.63) is 0 Å². The Labute approximate surface area is 146 Å². The van der Waals surface area contributed by atoms with E-state index in [-0.39, 0.29) is 18.8 Å². The van der Waals surface area contributed by atoms with Crippen LogP contribution in [-0.2, 0) is 19.2 Å². The number of aliphatic hydroxyl groups is 1. The molecule has 0 radical (unpaired) electrons. The number of nitrogens with two attached hydrogens (primary N) is 2. The molecule has 0 bridgehead atoms. The maximum absolute atomic E-state index is 12.2. The molecule has 5 atom stereocenters. The maximum Gasteiger partial charge on any atom is 0.326 e. The summed E-state index contributed by atoms with van der Waals surface area (Å²) in [6, 6.07) is -3.62. The second kappa shape index (κ2) is 10.6. The molecule has 0 aliphatic rings.